The van der Waals surface area contributed by atoms with Gasteiger partial charge in [0.15, 0.2) is 4.96 Å². The van der Waals surface area contributed by atoms with Crippen molar-refractivity contribution < 1.29 is 4.79 Å². The molecule has 2 aromatic heterocycles. The monoisotopic (exact) mass is 339 g/mol. The van der Waals surface area contributed by atoms with Gasteiger partial charge in [-0.05, 0) is 25.7 Å². The van der Waals surface area contributed by atoms with Crippen molar-refractivity contribution in [1.82, 2.24) is 14.3 Å². The number of rotatable bonds is 3. The molecule has 24 heavy (non-hydrogen) atoms. The summed E-state index contributed by atoms with van der Waals surface area (Å²) in [6, 6.07) is 10.5. The second-order valence-electron chi connectivity index (χ2n) is 6.32. The third-order valence-corrected chi connectivity index (χ3v) is 5.70. The van der Waals surface area contributed by atoms with Crippen LogP contribution in [0.3, 0.4) is 0 Å². The summed E-state index contributed by atoms with van der Waals surface area (Å²) in [4.78, 5) is 20.7. The van der Waals surface area contributed by atoms with Gasteiger partial charge in [-0.1, -0.05) is 37.3 Å². The van der Waals surface area contributed by atoms with Crippen LogP contribution in [0.5, 0.6) is 0 Å². The normalized spacial score (nSPS) is 18.2. The predicted octanol–water partition coefficient (Wildman–Crippen LogP) is 4.47. The summed E-state index contributed by atoms with van der Waals surface area (Å²) in [7, 11) is 0. The molecule has 0 aliphatic carbocycles. The molecule has 4 rings (SSSR count). The fourth-order valence-corrected chi connectivity index (χ4v) is 4.37. The zero-order chi connectivity index (χ0) is 16.5. The smallest absolute Gasteiger partial charge is 0.271 e. The maximum atomic E-state index is 13.1. The average molecular weight is 339 g/mol. The van der Waals surface area contributed by atoms with E-state index in [-0.39, 0.29) is 5.91 Å². The number of amides is 1. The Morgan fingerprint density at radius 1 is 1.29 bits per heavy atom. The maximum absolute atomic E-state index is 13.1. The van der Waals surface area contributed by atoms with Crippen LogP contribution < -0.4 is 0 Å². The molecule has 3 heterocycles. The molecule has 3 aromatic rings. The molecule has 1 aromatic carbocycles. The largest absolute Gasteiger partial charge is 0.334 e. The van der Waals surface area contributed by atoms with Crippen LogP contribution in [-0.4, -0.2) is 32.8 Å². The van der Waals surface area contributed by atoms with E-state index < -0.39 is 0 Å². The lowest BCUT2D eigenvalue weighted by molar-refractivity contribution is 0.0601. The van der Waals surface area contributed by atoms with Crippen molar-refractivity contribution in [1.29, 1.82) is 0 Å². The molecular formula is C19H21N3OS. The molecule has 1 aliphatic heterocycles. The summed E-state index contributed by atoms with van der Waals surface area (Å²) < 4.78 is 1.96. The van der Waals surface area contributed by atoms with Crippen LogP contribution in [0.4, 0.5) is 0 Å². The van der Waals surface area contributed by atoms with Crippen LogP contribution >= 0.6 is 11.3 Å². The van der Waals surface area contributed by atoms with Crippen LogP contribution in [0.1, 0.15) is 43.1 Å². The van der Waals surface area contributed by atoms with Crippen molar-refractivity contribution in [3.63, 3.8) is 0 Å². The zero-order valence-corrected chi connectivity index (χ0v) is 14.6. The number of fused-ring (bicyclic) bond motifs is 1. The van der Waals surface area contributed by atoms with E-state index in [1.165, 1.54) is 17.8 Å². The zero-order valence-electron chi connectivity index (χ0n) is 13.8. The molecule has 0 N–H and O–H groups in total. The number of thiazole rings is 1. The van der Waals surface area contributed by atoms with Crippen LogP contribution in [-0.2, 0) is 0 Å². The Bertz CT molecular complexity index is 852. The van der Waals surface area contributed by atoms with Crippen LogP contribution in [0.25, 0.3) is 16.2 Å². The Balaban J connectivity index is 1.69. The highest BCUT2D eigenvalue weighted by Crippen LogP contribution is 2.27. The second kappa shape index (κ2) is 6.40. The number of likely N-dealkylation sites (tertiary alicyclic amines) is 1. The summed E-state index contributed by atoms with van der Waals surface area (Å²) in [6.45, 7) is 3.04. The van der Waals surface area contributed by atoms with Crippen molar-refractivity contribution in [2.45, 2.75) is 38.6 Å². The highest BCUT2D eigenvalue weighted by atomic mass is 32.1. The minimum atomic E-state index is 0.143. The molecule has 1 unspecified atom stereocenters. The number of aromatic nitrogens is 2. The number of carbonyl (C=O) groups is 1. The Morgan fingerprint density at radius 2 is 2.12 bits per heavy atom. The van der Waals surface area contributed by atoms with E-state index in [0.29, 0.717) is 6.04 Å². The van der Waals surface area contributed by atoms with Gasteiger partial charge in [-0.15, -0.1) is 11.3 Å². The van der Waals surface area contributed by atoms with Crippen LogP contribution in [0.15, 0.2) is 41.9 Å². The second-order valence-corrected chi connectivity index (χ2v) is 7.16. The number of benzene rings is 1. The van der Waals surface area contributed by atoms with Crippen molar-refractivity contribution in [3.05, 3.63) is 47.6 Å². The number of nitrogens with zero attached hydrogens (tertiary/aromatic N) is 3. The molecule has 5 heteroatoms. The van der Waals surface area contributed by atoms with Gasteiger partial charge in [0.2, 0.25) is 0 Å². The van der Waals surface area contributed by atoms with Gasteiger partial charge in [0.25, 0.3) is 5.91 Å². The summed E-state index contributed by atoms with van der Waals surface area (Å²) in [5.74, 6) is 0.143. The molecule has 0 bridgehead atoms. The van der Waals surface area contributed by atoms with Gasteiger partial charge < -0.3 is 4.90 Å². The third kappa shape index (κ3) is 2.63. The summed E-state index contributed by atoms with van der Waals surface area (Å²) in [6.07, 6.45) is 6.46. The highest BCUT2D eigenvalue weighted by Gasteiger charge is 2.28. The number of hydrogen-bond donors (Lipinski definition) is 0. The standard InChI is InChI=1S/C19H21N3OS/c1-2-15-10-6-7-11-21(15)18(23)17-13-24-19-20-16(12-22(17)19)14-8-4-3-5-9-14/h3-5,8-9,12-13,15H,2,6-7,10-11H2,1H3. The molecule has 4 nitrogen and oxygen atoms in total. The van der Waals surface area contributed by atoms with Crippen molar-refractivity contribution in [2.75, 3.05) is 6.54 Å². The highest BCUT2D eigenvalue weighted by molar-refractivity contribution is 7.15. The first-order valence-corrected chi connectivity index (χ1v) is 9.49. The lowest BCUT2D eigenvalue weighted by Crippen LogP contribution is -2.43. The average Bonchev–Trinajstić information content (AvgIpc) is 3.22. The summed E-state index contributed by atoms with van der Waals surface area (Å²) in [5.41, 5.74) is 2.74. The lowest BCUT2D eigenvalue weighted by Gasteiger charge is -2.35. The molecule has 0 spiro atoms. The summed E-state index contributed by atoms with van der Waals surface area (Å²) >= 11 is 1.53. The molecule has 0 radical (unpaired) electrons. The fourth-order valence-electron chi connectivity index (χ4n) is 3.53. The van der Waals surface area contributed by atoms with Crippen molar-refractivity contribution in [2.24, 2.45) is 0 Å². The molecule has 0 saturated carbocycles. The summed E-state index contributed by atoms with van der Waals surface area (Å²) in [5, 5.41) is 1.95. The molecule has 1 saturated heterocycles. The Labute approximate surface area is 145 Å². The number of imidazole rings is 1. The predicted molar refractivity (Wildman–Crippen MR) is 97.5 cm³/mol. The van der Waals surface area contributed by atoms with Gasteiger partial charge in [0.05, 0.1) is 5.69 Å². The minimum Gasteiger partial charge on any atom is -0.334 e. The van der Waals surface area contributed by atoms with E-state index in [0.717, 1.165) is 47.7 Å². The SMILES string of the molecule is CCC1CCCCN1C(=O)c1csc2nc(-c3ccccc3)cn12. The van der Waals surface area contributed by atoms with E-state index in [1.54, 1.807) is 0 Å². The van der Waals surface area contributed by atoms with Gasteiger partial charge in [0, 0.05) is 29.7 Å². The van der Waals surface area contributed by atoms with Crippen molar-refractivity contribution in [3.8, 4) is 11.3 Å². The molecule has 1 aliphatic rings. The number of hydrogen-bond acceptors (Lipinski definition) is 3. The molecule has 124 valence electrons. The first-order valence-electron chi connectivity index (χ1n) is 8.61. The molecule has 1 amide bonds. The Kier molecular flexibility index (Phi) is 4.10. The van der Waals surface area contributed by atoms with E-state index in [4.69, 9.17) is 0 Å². The quantitative estimate of drug-likeness (QED) is 0.706. The third-order valence-electron chi connectivity index (χ3n) is 4.86. The van der Waals surface area contributed by atoms with Gasteiger partial charge in [0.1, 0.15) is 5.69 Å². The first kappa shape index (κ1) is 15.4. The Morgan fingerprint density at radius 3 is 2.92 bits per heavy atom. The maximum Gasteiger partial charge on any atom is 0.271 e. The van der Waals surface area contributed by atoms with E-state index in [1.807, 2.05) is 46.3 Å². The fraction of sp³-hybridized carbons (Fsp3) is 0.368. The van der Waals surface area contributed by atoms with Gasteiger partial charge in [-0.2, -0.15) is 0 Å². The van der Waals surface area contributed by atoms with Gasteiger partial charge in [-0.25, -0.2) is 4.98 Å². The Hall–Kier alpha value is -2.14. The van der Waals surface area contributed by atoms with Crippen LogP contribution in [0.2, 0.25) is 0 Å². The van der Waals surface area contributed by atoms with E-state index in [2.05, 4.69) is 16.8 Å². The van der Waals surface area contributed by atoms with E-state index >= 15 is 0 Å². The van der Waals surface area contributed by atoms with Gasteiger partial charge in [-0.3, -0.25) is 9.20 Å². The van der Waals surface area contributed by atoms with E-state index in [9.17, 15) is 4.79 Å². The van der Waals surface area contributed by atoms with Crippen molar-refractivity contribution >= 4 is 22.2 Å². The van der Waals surface area contributed by atoms with Gasteiger partial charge >= 0.3 is 0 Å². The molecule has 1 fully saturated rings. The molecular weight excluding hydrogens is 318 g/mol. The lowest BCUT2D eigenvalue weighted by atomic mass is 10.00. The number of piperidine rings is 1. The minimum absolute atomic E-state index is 0.143. The number of carbonyl (C=O) groups excluding carboxylic acids is 1. The topological polar surface area (TPSA) is 37.6 Å². The first-order chi connectivity index (χ1) is 11.8. The molecule has 1 atom stereocenters. The van der Waals surface area contributed by atoms with Crippen LogP contribution in [0, 0.1) is 0 Å².